The number of benzene rings is 5. The van der Waals surface area contributed by atoms with Crippen molar-refractivity contribution in [3.63, 3.8) is 0 Å². The molecule has 0 aliphatic carbocycles. The molecule has 60 heavy (non-hydrogen) atoms. The predicted molar refractivity (Wildman–Crippen MR) is 228 cm³/mol. The van der Waals surface area contributed by atoms with E-state index >= 15 is 0 Å². The van der Waals surface area contributed by atoms with Crippen molar-refractivity contribution in [1.82, 2.24) is 15.2 Å². The van der Waals surface area contributed by atoms with E-state index in [0.29, 0.717) is 64.8 Å². The van der Waals surface area contributed by atoms with Crippen molar-refractivity contribution in [3.8, 4) is 34.4 Å². The van der Waals surface area contributed by atoms with Gasteiger partial charge >= 0.3 is 5.97 Å². The Kier molecular flexibility index (Phi) is 11.9. The number of nitrogen functional groups attached to an aromatic ring is 1. The first-order valence-corrected chi connectivity index (χ1v) is 20.0. The Morgan fingerprint density at radius 3 is 2.27 bits per heavy atom. The number of nitrogens with two attached hydrogens (primary N) is 1. The molecule has 6 aromatic rings. The van der Waals surface area contributed by atoms with Crippen LogP contribution in [0.5, 0.6) is 17.2 Å². The number of aliphatic carboxylic acids is 1. The van der Waals surface area contributed by atoms with Crippen molar-refractivity contribution in [2.45, 2.75) is 50.7 Å². The van der Waals surface area contributed by atoms with E-state index in [4.69, 9.17) is 48.4 Å². The lowest BCUT2D eigenvalue weighted by molar-refractivity contribution is -0.142. The minimum absolute atomic E-state index is 0.0915. The quantitative estimate of drug-likeness (QED) is 0.109. The average molecular weight is 841 g/mol. The van der Waals surface area contributed by atoms with E-state index in [1.165, 1.54) is 0 Å². The number of nitrogens with zero attached hydrogens (tertiary/aromatic N) is 3. The summed E-state index contributed by atoms with van der Waals surface area (Å²) in [5, 5.41) is 23.2. The molecule has 3 atom stereocenters. The van der Waals surface area contributed by atoms with E-state index in [9.17, 15) is 14.7 Å². The van der Waals surface area contributed by atoms with Crippen LogP contribution in [-0.4, -0.2) is 45.6 Å². The normalized spacial score (nSPS) is 16.2. The molecule has 302 valence electrons. The van der Waals surface area contributed by atoms with Crippen LogP contribution in [0.25, 0.3) is 11.1 Å². The SMILES string of the molecule is N#Cc1ccc(-c2ccc(C[C@H](NC(=O)[C@@H]3Cc4cc5c(cc4CN3Cc3ccc(N)nc3)OC(c3ccc(OCc4ccc(Cl)c(Cl)c4)cc3)CO5)C(=O)O)cc2)cc1. The van der Waals surface area contributed by atoms with Crippen LogP contribution in [0.1, 0.15) is 45.0 Å². The molecule has 0 saturated carbocycles. The van der Waals surface area contributed by atoms with Crippen LogP contribution in [-0.2, 0) is 42.1 Å². The molecule has 8 rings (SSSR count). The number of nitriles is 1. The first kappa shape index (κ1) is 40.2. The van der Waals surface area contributed by atoms with Gasteiger partial charge in [-0.15, -0.1) is 0 Å². The van der Waals surface area contributed by atoms with Gasteiger partial charge in [-0.3, -0.25) is 9.69 Å². The lowest BCUT2D eigenvalue weighted by atomic mass is 9.91. The maximum Gasteiger partial charge on any atom is 0.326 e. The second kappa shape index (κ2) is 17.7. The monoisotopic (exact) mass is 839 g/mol. The number of aromatic nitrogens is 1. The Morgan fingerprint density at radius 1 is 0.883 bits per heavy atom. The summed E-state index contributed by atoms with van der Waals surface area (Å²) in [5.41, 5.74) is 13.6. The van der Waals surface area contributed by atoms with Crippen molar-refractivity contribution in [3.05, 3.63) is 170 Å². The van der Waals surface area contributed by atoms with Gasteiger partial charge in [0, 0.05) is 25.7 Å². The Morgan fingerprint density at radius 2 is 1.58 bits per heavy atom. The summed E-state index contributed by atoms with van der Waals surface area (Å²) in [6, 6.07) is 35.6. The fourth-order valence-corrected chi connectivity index (χ4v) is 7.73. The third kappa shape index (κ3) is 9.32. The Labute approximate surface area is 356 Å². The molecule has 1 amide bonds. The number of hydrogen-bond acceptors (Lipinski definition) is 9. The van der Waals surface area contributed by atoms with Gasteiger partial charge in [0.1, 0.15) is 30.8 Å². The number of carboxylic acid groups (broad SMARTS) is 1. The standard InChI is InChI=1S/C47H39Cl2N5O6/c48-38-15-5-30(17-39(38)49)26-58-37-13-11-34(12-14-37)44-27-59-42-20-35-19-41(54(25-36(35)21-43(42)60-44)24-31-6-16-45(51)52-23-31)46(55)53-40(47(56)57)18-28-1-7-32(8-2-28)33-9-3-29(22-50)4-10-33/h1-17,20-21,23,40-41,44H,18-19,24-27H2,(H2,51,52)(H,53,55)(H,56,57)/t40-,41-,44?/m0/s1. The first-order chi connectivity index (χ1) is 29.1. The summed E-state index contributed by atoms with van der Waals surface area (Å²) in [6.45, 7) is 1.38. The number of halogens is 2. The topological polar surface area (TPSA) is 160 Å². The Bertz CT molecular complexity index is 2560. The highest BCUT2D eigenvalue weighted by Gasteiger charge is 2.36. The molecule has 13 heteroatoms. The molecular formula is C47H39Cl2N5O6. The zero-order valence-electron chi connectivity index (χ0n) is 32.2. The van der Waals surface area contributed by atoms with E-state index < -0.39 is 24.0 Å². The van der Waals surface area contributed by atoms with Gasteiger partial charge in [-0.2, -0.15) is 5.26 Å². The van der Waals surface area contributed by atoms with Gasteiger partial charge in [-0.1, -0.05) is 83.9 Å². The maximum absolute atomic E-state index is 14.2. The molecule has 3 heterocycles. The van der Waals surface area contributed by atoms with Crippen LogP contribution >= 0.6 is 23.2 Å². The predicted octanol–water partition coefficient (Wildman–Crippen LogP) is 8.34. The molecule has 0 spiro atoms. The van der Waals surface area contributed by atoms with Gasteiger partial charge in [0.25, 0.3) is 0 Å². The summed E-state index contributed by atoms with van der Waals surface area (Å²) < 4.78 is 18.7. The van der Waals surface area contributed by atoms with E-state index in [0.717, 1.165) is 44.5 Å². The molecule has 5 aromatic carbocycles. The second-order valence-electron chi connectivity index (χ2n) is 14.8. The summed E-state index contributed by atoms with van der Waals surface area (Å²) >= 11 is 12.2. The fraction of sp³-hybridized carbons (Fsp3) is 0.191. The minimum Gasteiger partial charge on any atom is -0.489 e. The summed E-state index contributed by atoms with van der Waals surface area (Å²) in [6.07, 6.45) is 1.73. The molecule has 0 bridgehead atoms. The van der Waals surface area contributed by atoms with Gasteiger partial charge < -0.3 is 30.4 Å². The van der Waals surface area contributed by atoms with Crippen LogP contribution in [0.2, 0.25) is 10.0 Å². The number of amides is 1. The molecular weight excluding hydrogens is 801 g/mol. The molecule has 2 aliphatic heterocycles. The van der Waals surface area contributed by atoms with E-state index in [1.807, 2.05) is 89.8 Å². The zero-order chi connectivity index (χ0) is 41.8. The fourth-order valence-electron chi connectivity index (χ4n) is 7.41. The third-order valence-electron chi connectivity index (χ3n) is 10.7. The number of carboxylic acids is 1. The molecule has 0 fully saturated rings. The third-order valence-corrected chi connectivity index (χ3v) is 11.4. The van der Waals surface area contributed by atoms with E-state index in [-0.39, 0.29) is 19.1 Å². The number of carbonyl (C=O) groups is 2. The van der Waals surface area contributed by atoms with Gasteiger partial charge in [-0.05, 0) is 106 Å². The van der Waals surface area contributed by atoms with Crippen molar-refractivity contribution in [2.75, 3.05) is 12.3 Å². The molecule has 11 nitrogen and oxygen atoms in total. The largest absolute Gasteiger partial charge is 0.489 e. The number of carbonyl (C=O) groups excluding carboxylic acids is 1. The lowest BCUT2D eigenvalue weighted by Gasteiger charge is -2.37. The van der Waals surface area contributed by atoms with E-state index in [2.05, 4.69) is 16.4 Å². The Balaban J connectivity index is 0.964. The number of fused-ring (bicyclic) bond motifs is 2. The molecule has 0 saturated heterocycles. The van der Waals surface area contributed by atoms with Gasteiger partial charge in [0.15, 0.2) is 17.6 Å². The average Bonchev–Trinajstić information content (AvgIpc) is 3.26. The highest BCUT2D eigenvalue weighted by atomic mass is 35.5. The highest BCUT2D eigenvalue weighted by molar-refractivity contribution is 6.42. The number of pyridine rings is 1. The van der Waals surface area contributed by atoms with E-state index in [1.54, 1.807) is 36.5 Å². The number of rotatable bonds is 12. The van der Waals surface area contributed by atoms with Crippen LogP contribution in [0.4, 0.5) is 5.82 Å². The second-order valence-corrected chi connectivity index (χ2v) is 15.6. The highest BCUT2D eigenvalue weighted by Crippen LogP contribution is 2.41. The van der Waals surface area contributed by atoms with Crippen molar-refractivity contribution >= 4 is 40.9 Å². The molecule has 4 N–H and O–H groups in total. The van der Waals surface area contributed by atoms with Crippen LogP contribution < -0.4 is 25.3 Å². The number of anilines is 1. The smallest absolute Gasteiger partial charge is 0.326 e. The first-order valence-electron chi connectivity index (χ1n) is 19.3. The van der Waals surface area contributed by atoms with Crippen LogP contribution in [0.3, 0.4) is 0 Å². The van der Waals surface area contributed by atoms with Crippen molar-refractivity contribution in [1.29, 1.82) is 5.26 Å². The van der Waals surface area contributed by atoms with Crippen molar-refractivity contribution < 1.29 is 28.9 Å². The van der Waals surface area contributed by atoms with Crippen LogP contribution in [0.15, 0.2) is 121 Å². The molecule has 1 aromatic heterocycles. The number of nitrogens with one attached hydrogen (secondary N) is 1. The minimum atomic E-state index is -1.17. The summed E-state index contributed by atoms with van der Waals surface area (Å²) in [5.74, 6) is 0.716. The molecule has 0 radical (unpaired) electrons. The number of ether oxygens (including phenoxy) is 3. The maximum atomic E-state index is 14.2. The van der Waals surface area contributed by atoms with Gasteiger partial charge in [-0.25, -0.2) is 9.78 Å². The van der Waals surface area contributed by atoms with Crippen LogP contribution in [0, 0.1) is 11.3 Å². The lowest BCUT2D eigenvalue weighted by Crippen LogP contribution is -2.54. The molecule has 1 unspecified atom stereocenters. The Hall–Kier alpha value is -6.58. The van der Waals surface area contributed by atoms with Crippen molar-refractivity contribution in [2.24, 2.45) is 0 Å². The van der Waals surface area contributed by atoms with Gasteiger partial charge in [0.05, 0.1) is 27.7 Å². The van der Waals surface area contributed by atoms with Gasteiger partial charge in [0.2, 0.25) is 5.91 Å². The number of hydrogen-bond donors (Lipinski definition) is 3. The summed E-state index contributed by atoms with van der Waals surface area (Å²) in [4.78, 5) is 33.0. The zero-order valence-corrected chi connectivity index (χ0v) is 33.7. The summed E-state index contributed by atoms with van der Waals surface area (Å²) in [7, 11) is 0. The molecule has 2 aliphatic rings.